The average molecular weight is 242 g/mol. The van der Waals surface area contributed by atoms with Crippen LogP contribution in [0, 0.1) is 12.3 Å². The Hall–Kier alpha value is -1.37. The Morgan fingerprint density at radius 3 is 2.50 bits per heavy atom. The quantitative estimate of drug-likeness (QED) is 0.631. The van der Waals surface area contributed by atoms with Crippen molar-refractivity contribution in [1.82, 2.24) is 5.32 Å². The summed E-state index contributed by atoms with van der Waals surface area (Å²) in [6, 6.07) is 5.79. The van der Waals surface area contributed by atoms with Crippen LogP contribution in [-0.2, 0) is 6.54 Å². The molecule has 1 N–H and O–H groups in total. The van der Waals surface area contributed by atoms with E-state index in [2.05, 4.69) is 11.2 Å². The third-order valence-corrected chi connectivity index (χ3v) is 2.00. The van der Waals surface area contributed by atoms with Gasteiger partial charge in [-0.15, -0.1) is 18.8 Å². The van der Waals surface area contributed by atoms with Gasteiger partial charge in [0.2, 0.25) is 0 Å². The van der Waals surface area contributed by atoms with E-state index in [-0.39, 0.29) is 12.4 Å². The van der Waals surface area contributed by atoms with Gasteiger partial charge in [0, 0.05) is 6.54 Å². The fourth-order valence-electron chi connectivity index (χ4n) is 1.27. The van der Waals surface area contributed by atoms with Crippen molar-refractivity contribution in [2.45, 2.75) is 6.54 Å². The molecule has 4 heteroatoms. The molecule has 1 aromatic rings. The first-order chi connectivity index (χ1) is 7.31. The summed E-state index contributed by atoms with van der Waals surface area (Å²) < 4.78 is 10.3. The van der Waals surface area contributed by atoms with Gasteiger partial charge in [-0.25, -0.2) is 0 Å². The number of hydrogen-bond acceptors (Lipinski definition) is 3. The maximum absolute atomic E-state index is 5.19. The Labute approximate surface area is 103 Å². The van der Waals surface area contributed by atoms with Crippen molar-refractivity contribution in [2.24, 2.45) is 0 Å². The molecule has 88 valence electrons. The van der Waals surface area contributed by atoms with Gasteiger partial charge in [0.1, 0.15) is 0 Å². The van der Waals surface area contributed by atoms with Crippen molar-refractivity contribution in [2.75, 3.05) is 20.8 Å². The van der Waals surface area contributed by atoms with Gasteiger partial charge < -0.3 is 14.8 Å². The monoisotopic (exact) mass is 241 g/mol. The van der Waals surface area contributed by atoms with Crippen LogP contribution in [0.1, 0.15) is 5.56 Å². The van der Waals surface area contributed by atoms with E-state index in [1.807, 2.05) is 18.2 Å². The van der Waals surface area contributed by atoms with Crippen LogP contribution in [0.4, 0.5) is 0 Å². The Morgan fingerprint density at radius 2 is 1.94 bits per heavy atom. The topological polar surface area (TPSA) is 30.5 Å². The zero-order valence-electron chi connectivity index (χ0n) is 9.45. The second-order valence-corrected chi connectivity index (χ2v) is 3.00. The number of hydrogen-bond donors (Lipinski definition) is 1. The van der Waals surface area contributed by atoms with Crippen molar-refractivity contribution < 1.29 is 9.47 Å². The molecule has 0 aliphatic carbocycles. The average Bonchev–Trinajstić information content (AvgIpc) is 2.29. The third kappa shape index (κ3) is 4.01. The molecule has 0 radical (unpaired) electrons. The van der Waals surface area contributed by atoms with E-state index < -0.39 is 0 Å². The van der Waals surface area contributed by atoms with Gasteiger partial charge in [-0.1, -0.05) is 12.0 Å². The van der Waals surface area contributed by atoms with E-state index in [1.54, 1.807) is 14.2 Å². The molecular formula is C12H16ClNO2. The van der Waals surface area contributed by atoms with Crippen molar-refractivity contribution >= 4 is 12.4 Å². The van der Waals surface area contributed by atoms with Crippen molar-refractivity contribution in [1.29, 1.82) is 0 Å². The first kappa shape index (κ1) is 14.6. The maximum Gasteiger partial charge on any atom is 0.161 e. The minimum absolute atomic E-state index is 0. The molecule has 0 saturated heterocycles. The van der Waals surface area contributed by atoms with Crippen LogP contribution in [0.2, 0.25) is 0 Å². The summed E-state index contributed by atoms with van der Waals surface area (Å²) in [4.78, 5) is 0. The minimum Gasteiger partial charge on any atom is -0.493 e. The van der Waals surface area contributed by atoms with Gasteiger partial charge in [0.25, 0.3) is 0 Å². The third-order valence-electron chi connectivity index (χ3n) is 2.00. The molecule has 1 aromatic carbocycles. The van der Waals surface area contributed by atoms with E-state index >= 15 is 0 Å². The van der Waals surface area contributed by atoms with Crippen LogP contribution < -0.4 is 14.8 Å². The first-order valence-electron chi connectivity index (χ1n) is 4.67. The lowest BCUT2D eigenvalue weighted by molar-refractivity contribution is 0.354. The lowest BCUT2D eigenvalue weighted by Gasteiger charge is -2.09. The normalized spacial score (nSPS) is 8.81. The molecule has 0 saturated carbocycles. The summed E-state index contributed by atoms with van der Waals surface area (Å²) in [5.41, 5.74) is 1.11. The summed E-state index contributed by atoms with van der Waals surface area (Å²) >= 11 is 0. The van der Waals surface area contributed by atoms with E-state index in [0.29, 0.717) is 6.54 Å². The highest BCUT2D eigenvalue weighted by Crippen LogP contribution is 2.27. The highest BCUT2D eigenvalue weighted by Gasteiger charge is 2.03. The van der Waals surface area contributed by atoms with Gasteiger partial charge in [-0.05, 0) is 17.7 Å². The fraction of sp³-hybridized carbons (Fsp3) is 0.333. The second-order valence-electron chi connectivity index (χ2n) is 3.00. The Balaban J connectivity index is 0.00000225. The van der Waals surface area contributed by atoms with Crippen molar-refractivity contribution in [3.8, 4) is 23.8 Å². The molecule has 0 spiro atoms. The number of rotatable bonds is 5. The predicted octanol–water partition coefficient (Wildman–Crippen LogP) is 1.85. The summed E-state index contributed by atoms with van der Waals surface area (Å²) in [6.45, 7) is 1.29. The predicted molar refractivity (Wildman–Crippen MR) is 67.3 cm³/mol. The first-order valence-corrected chi connectivity index (χ1v) is 4.67. The zero-order valence-corrected chi connectivity index (χ0v) is 10.3. The minimum atomic E-state index is 0. The number of methoxy groups -OCH3 is 2. The van der Waals surface area contributed by atoms with Crippen molar-refractivity contribution in [3.63, 3.8) is 0 Å². The highest BCUT2D eigenvalue weighted by atomic mass is 35.5. The Morgan fingerprint density at radius 1 is 1.25 bits per heavy atom. The van der Waals surface area contributed by atoms with Crippen LogP contribution in [-0.4, -0.2) is 20.8 Å². The fourth-order valence-corrected chi connectivity index (χ4v) is 1.27. The number of ether oxygens (including phenoxy) is 2. The van der Waals surface area contributed by atoms with Crippen LogP contribution in [0.3, 0.4) is 0 Å². The molecule has 0 aliphatic heterocycles. The summed E-state index contributed by atoms with van der Waals surface area (Å²) in [5, 5.41) is 3.11. The molecule has 16 heavy (non-hydrogen) atoms. The van der Waals surface area contributed by atoms with Crippen LogP contribution in [0.5, 0.6) is 11.5 Å². The largest absolute Gasteiger partial charge is 0.493 e. The SMILES string of the molecule is C#CCNCc1ccc(OC)c(OC)c1.Cl. The molecule has 0 aromatic heterocycles. The molecular weight excluding hydrogens is 226 g/mol. The van der Waals surface area contributed by atoms with E-state index in [1.165, 1.54) is 0 Å². The number of nitrogens with one attached hydrogen (secondary N) is 1. The molecule has 0 fully saturated rings. The molecule has 0 atom stereocenters. The van der Waals surface area contributed by atoms with Crippen molar-refractivity contribution in [3.05, 3.63) is 23.8 Å². The molecule has 1 rings (SSSR count). The molecule has 0 bridgehead atoms. The van der Waals surface area contributed by atoms with Gasteiger partial charge in [0.15, 0.2) is 11.5 Å². The van der Waals surface area contributed by atoms with Gasteiger partial charge >= 0.3 is 0 Å². The maximum atomic E-state index is 5.19. The second kappa shape index (κ2) is 7.86. The smallest absolute Gasteiger partial charge is 0.161 e. The standard InChI is InChI=1S/C12H15NO2.ClH/c1-4-7-13-9-10-5-6-11(14-2)12(8-10)15-3;/h1,5-6,8,13H,7,9H2,2-3H3;1H. The highest BCUT2D eigenvalue weighted by molar-refractivity contribution is 5.85. The number of benzene rings is 1. The lowest BCUT2D eigenvalue weighted by atomic mass is 10.2. The van der Waals surface area contributed by atoms with Gasteiger partial charge in [-0.2, -0.15) is 0 Å². The zero-order chi connectivity index (χ0) is 11.1. The molecule has 0 amide bonds. The lowest BCUT2D eigenvalue weighted by Crippen LogP contribution is -2.12. The molecule has 0 unspecified atom stereocenters. The molecule has 0 aliphatic rings. The van der Waals surface area contributed by atoms with Crippen LogP contribution in [0.25, 0.3) is 0 Å². The van der Waals surface area contributed by atoms with Crippen LogP contribution in [0.15, 0.2) is 18.2 Å². The summed E-state index contributed by atoms with van der Waals surface area (Å²) in [7, 11) is 3.24. The van der Waals surface area contributed by atoms with E-state index in [0.717, 1.165) is 23.6 Å². The number of halogens is 1. The van der Waals surface area contributed by atoms with E-state index in [9.17, 15) is 0 Å². The molecule has 0 heterocycles. The Bertz CT molecular complexity index is 361. The Kier molecular flexibility index (Phi) is 7.19. The van der Waals surface area contributed by atoms with Crippen LogP contribution >= 0.6 is 12.4 Å². The summed E-state index contributed by atoms with van der Waals surface area (Å²) in [6.07, 6.45) is 5.14. The summed E-state index contributed by atoms with van der Waals surface area (Å²) in [5.74, 6) is 3.99. The molecule has 3 nitrogen and oxygen atoms in total. The van der Waals surface area contributed by atoms with E-state index in [4.69, 9.17) is 15.9 Å². The van der Waals surface area contributed by atoms with Gasteiger partial charge in [-0.3, -0.25) is 0 Å². The van der Waals surface area contributed by atoms with Gasteiger partial charge in [0.05, 0.1) is 20.8 Å². The number of terminal acetylenes is 1.